The minimum absolute atomic E-state index is 0.160. The normalized spacial score (nSPS) is 15.4. The van der Waals surface area contributed by atoms with E-state index >= 15 is 0 Å². The topological polar surface area (TPSA) is 61.4 Å². The minimum atomic E-state index is -0.360. The van der Waals surface area contributed by atoms with Gasteiger partial charge in [0.2, 0.25) is 5.91 Å². The third-order valence-electron chi connectivity index (χ3n) is 4.83. The number of nitrogens with one attached hydrogen (secondary N) is 2. The van der Waals surface area contributed by atoms with E-state index in [1.807, 2.05) is 5.38 Å². The van der Waals surface area contributed by atoms with Crippen molar-refractivity contribution >= 4 is 34.8 Å². The van der Waals surface area contributed by atoms with E-state index in [4.69, 9.17) is 11.6 Å². The zero-order chi connectivity index (χ0) is 19.9. The summed E-state index contributed by atoms with van der Waals surface area (Å²) in [4.78, 5) is 26.3. The molecule has 1 fully saturated rings. The summed E-state index contributed by atoms with van der Waals surface area (Å²) in [5, 5.41) is 9.55. The molecular formula is C20H23ClFN3O2S. The molecule has 1 saturated heterocycles. The molecule has 1 aromatic heterocycles. The van der Waals surface area contributed by atoms with Gasteiger partial charge in [0.1, 0.15) is 5.82 Å². The summed E-state index contributed by atoms with van der Waals surface area (Å²) in [7, 11) is 0. The first-order valence-corrected chi connectivity index (χ1v) is 10.6. The first-order chi connectivity index (χ1) is 13.6. The second-order valence-corrected chi connectivity index (χ2v) is 7.90. The molecule has 0 spiro atoms. The van der Waals surface area contributed by atoms with E-state index in [9.17, 15) is 14.0 Å². The Morgan fingerprint density at radius 3 is 2.68 bits per heavy atom. The van der Waals surface area contributed by atoms with Gasteiger partial charge >= 0.3 is 0 Å². The maximum atomic E-state index is 14.4. The maximum absolute atomic E-state index is 14.4. The quantitative estimate of drug-likeness (QED) is 0.681. The van der Waals surface area contributed by atoms with E-state index in [0.717, 1.165) is 25.9 Å². The standard InChI is InChI=1S/C20H23ClFN3O2S/c21-15-4-3-5-16(22)19(15)17(25-9-1-2-10-25)12-24-18(26)6-8-23-20(27)14-7-11-28-13-14/h3-5,7,11,13,17H,1-2,6,8-10,12H2,(H,23,27)(H,24,26)/t17-/m0/s1. The molecule has 0 aliphatic carbocycles. The molecule has 2 N–H and O–H groups in total. The summed E-state index contributed by atoms with van der Waals surface area (Å²) in [5.74, 6) is -0.744. The Hall–Kier alpha value is -1.96. The van der Waals surface area contributed by atoms with Crippen molar-refractivity contribution in [3.8, 4) is 0 Å². The van der Waals surface area contributed by atoms with Crippen LogP contribution in [0.1, 0.15) is 41.2 Å². The molecule has 0 radical (unpaired) electrons. The fourth-order valence-electron chi connectivity index (χ4n) is 3.38. The SMILES string of the molecule is O=C(CCNC(=O)c1ccsc1)NC[C@@H](c1c(F)cccc1Cl)N1CCCC1. The summed E-state index contributed by atoms with van der Waals surface area (Å²) < 4.78 is 14.4. The highest BCUT2D eigenvalue weighted by molar-refractivity contribution is 7.08. The molecule has 2 amide bonds. The van der Waals surface area contributed by atoms with Crippen molar-refractivity contribution < 1.29 is 14.0 Å². The number of thiophene rings is 1. The Labute approximate surface area is 172 Å². The fraction of sp³-hybridized carbons (Fsp3) is 0.400. The molecule has 8 heteroatoms. The lowest BCUT2D eigenvalue weighted by Crippen LogP contribution is -2.38. The van der Waals surface area contributed by atoms with Gasteiger partial charge in [0.05, 0.1) is 6.04 Å². The average Bonchev–Trinajstić information content (AvgIpc) is 3.38. The Bertz CT molecular complexity index is 790. The van der Waals surface area contributed by atoms with Gasteiger partial charge in [-0.15, -0.1) is 0 Å². The lowest BCUT2D eigenvalue weighted by atomic mass is 10.0. The van der Waals surface area contributed by atoms with E-state index in [2.05, 4.69) is 15.5 Å². The zero-order valence-electron chi connectivity index (χ0n) is 15.4. The number of likely N-dealkylation sites (tertiary alicyclic amines) is 1. The summed E-state index contributed by atoms with van der Waals surface area (Å²) in [6.07, 6.45) is 2.25. The number of rotatable bonds is 8. The first kappa shape index (κ1) is 20.8. The lowest BCUT2D eigenvalue weighted by Gasteiger charge is -2.29. The summed E-state index contributed by atoms with van der Waals surface area (Å²) in [6.45, 7) is 2.22. The van der Waals surface area contributed by atoms with Crippen molar-refractivity contribution in [3.63, 3.8) is 0 Å². The Morgan fingerprint density at radius 1 is 1.21 bits per heavy atom. The van der Waals surface area contributed by atoms with Crippen molar-refractivity contribution in [3.05, 3.63) is 57.0 Å². The van der Waals surface area contributed by atoms with Crippen molar-refractivity contribution in [1.82, 2.24) is 15.5 Å². The van der Waals surface area contributed by atoms with Crippen LogP contribution in [0.5, 0.6) is 0 Å². The van der Waals surface area contributed by atoms with E-state index < -0.39 is 0 Å². The number of hydrogen-bond donors (Lipinski definition) is 2. The van der Waals surface area contributed by atoms with Crippen LogP contribution in [0.15, 0.2) is 35.0 Å². The van der Waals surface area contributed by atoms with E-state index in [0.29, 0.717) is 16.1 Å². The van der Waals surface area contributed by atoms with Crippen molar-refractivity contribution in [2.24, 2.45) is 0 Å². The van der Waals surface area contributed by atoms with Crippen LogP contribution in [0.3, 0.4) is 0 Å². The largest absolute Gasteiger partial charge is 0.354 e. The van der Waals surface area contributed by atoms with Crippen LogP contribution in [-0.2, 0) is 4.79 Å². The Morgan fingerprint density at radius 2 is 2.00 bits per heavy atom. The monoisotopic (exact) mass is 423 g/mol. The van der Waals surface area contributed by atoms with Crippen molar-refractivity contribution in [2.45, 2.75) is 25.3 Å². The van der Waals surface area contributed by atoms with Gasteiger partial charge in [0.15, 0.2) is 0 Å². The molecule has 1 aromatic carbocycles. The van der Waals surface area contributed by atoms with Gasteiger partial charge in [-0.05, 0) is 49.5 Å². The highest BCUT2D eigenvalue weighted by Gasteiger charge is 2.28. The van der Waals surface area contributed by atoms with Gasteiger partial charge in [0.25, 0.3) is 5.91 Å². The van der Waals surface area contributed by atoms with Crippen LogP contribution in [0.2, 0.25) is 5.02 Å². The molecule has 0 unspecified atom stereocenters. The van der Waals surface area contributed by atoms with Gasteiger partial charge in [0, 0.05) is 41.0 Å². The molecule has 1 atom stereocenters. The van der Waals surface area contributed by atoms with Crippen molar-refractivity contribution in [1.29, 1.82) is 0 Å². The number of hydrogen-bond acceptors (Lipinski definition) is 4. The molecule has 1 aliphatic heterocycles. The van der Waals surface area contributed by atoms with E-state index in [-0.39, 0.29) is 43.2 Å². The third kappa shape index (κ3) is 5.31. The average molecular weight is 424 g/mol. The van der Waals surface area contributed by atoms with Crippen LogP contribution >= 0.6 is 22.9 Å². The smallest absolute Gasteiger partial charge is 0.252 e. The molecule has 1 aliphatic rings. The molecular weight excluding hydrogens is 401 g/mol. The molecule has 0 saturated carbocycles. The van der Waals surface area contributed by atoms with Crippen LogP contribution in [0.4, 0.5) is 4.39 Å². The molecule has 3 rings (SSSR count). The highest BCUT2D eigenvalue weighted by Crippen LogP contribution is 2.31. The summed E-state index contributed by atoms with van der Waals surface area (Å²) >= 11 is 7.70. The molecule has 5 nitrogen and oxygen atoms in total. The number of benzene rings is 1. The fourth-order valence-corrected chi connectivity index (χ4v) is 4.31. The van der Waals surface area contributed by atoms with Crippen molar-refractivity contribution in [2.75, 3.05) is 26.2 Å². The van der Waals surface area contributed by atoms with Gasteiger partial charge in [-0.25, -0.2) is 4.39 Å². The molecule has 0 bridgehead atoms. The molecule has 28 heavy (non-hydrogen) atoms. The van der Waals surface area contributed by atoms with Gasteiger partial charge in [-0.3, -0.25) is 14.5 Å². The van der Waals surface area contributed by atoms with E-state index in [1.54, 1.807) is 23.6 Å². The maximum Gasteiger partial charge on any atom is 0.252 e. The van der Waals surface area contributed by atoms with E-state index in [1.165, 1.54) is 17.4 Å². The van der Waals surface area contributed by atoms with Crippen LogP contribution < -0.4 is 10.6 Å². The van der Waals surface area contributed by atoms with Crippen LogP contribution in [0.25, 0.3) is 0 Å². The molecule has 150 valence electrons. The van der Waals surface area contributed by atoms with Gasteiger partial charge in [-0.2, -0.15) is 11.3 Å². The van der Waals surface area contributed by atoms with Gasteiger partial charge < -0.3 is 10.6 Å². The number of carbonyl (C=O) groups excluding carboxylic acids is 2. The highest BCUT2D eigenvalue weighted by atomic mass is 35.5. The predicted molar refractivity (Wildman–Crippen MR) is 109 cm³/mol. The first-order valence-electron chi connectivity index (χ1n) is 9.31. The predicted octanol–water partition coefficient (Wildman–Crippen LogP) is 3.61. The minimum Gasteiger partial charge on any atom is -0.354 e. The van der Waals surface area contributed by atoms with Gasteiger partial charge in [-0.1, -0.05) is 17.7 Å². The second kappa shape index (κ2) is 10.0. The van der Waals surface area contributed by atoms with Crippen LogP contribution in [-0.4, -0.2) is 42.9 Å². The number of amides is 2. The summed E-state index contributed by atoms with van der Waals surface area (Å²) in [6, 6.07) is 6.08. The number of carbonyl (C=O) groups is 2. The number of halogens is 2. The Balaban J connectivity index is 1.54. The molecule has 2 heterocycles. The second-order valence-electron chi connectivity index (χ2n) is 6.72. The Kier molecular flexibility index (Phi) is 7.42. The summed E-state index contributed by atoms with van der Waals surface area (Å²) in [5.41, 5.74) is 1.02. The lowest BCUT2D eigenvalue weighted by molar-refractivity contribution is -0.121. The third-order valence-corrected chi connectivity index (χ3v) is 5.84. The number of nitrogens with zero attached hydrogens (tertiary/aromatic N) is 1. The van der Waals surface area contributed by atoms with Crippen LogP contribution in [0, 0.1) is 5.82 Å². The molecule has 2 aromatic rings. The zero-order valence-corrected chi connectivity index (χ0v) is 17.0.